The van der Waals surface area contributed by atoms with E-state index in [1.54, 1.807) is 0 Å². The minimum absolute atomic E-state index is 0.598. The maximum atomic E-state index is 6.32. The smallest absolute Gasteiger partial charge is 0.227 e. The number of fused-ring (bicyclic) bond motifs is 5. The maximum absolute atomic E-state index is 6.32. The van der Waals surface area contributed by atoms with Gasteiger partial charge >= 0.3 is 0 Å². The molecule has 0 unspecified atom stereocenters. The van der Waals surface area contributed by atoms with Crippen molar-refractivity contribution in [1.29, 1.82) is 0 Å². The second kappa shape index (κ2) is 12.8. The molecular weight excluding hydrogens is 651 g/mol. The molecule has 6 nitrogen and oxygen atoms in total. The van der Waals surface area contributed by atoms with E-state index in [1.165, 1.54) is 0 Å². The van der Waals surface area contributed by atoms with Gasteiger partial charge in [-0.15, -0.1) is 0 Å². The maximum Gasteiger partial charge on any atom is 0.227 e. The molecule has 10 rings (SSSR count). The Morgan fingerprint density at radius 3 is 1.40 bits per heavy atom. The van der Waals surface area contributed by atoms with E-state index < -0.39 is 0 Å². The van der Waals surface area contributed by atoms with E-state index in [-0.39, 0.29) is 0 Å². The number of rotatable bonds is 6. The highest BCUT2D eigenvalue weighted by Crippen LogP contribution is 2.39. The molecule has 0 amide bonds. The van der Waals surface area contributed by atoms with Crippen molar-refractivity contribution >= 4 is 32.8 Å². The zero-order valence-electron chi connectivity index (χ0n) is 28.4. The monoisotopic (exact) mass is 679 g/mol. The lowest BCUT2D eigenvalue weighted by Crippen LogP contribution is -2.00. The zero-order chi connectivity index (χ0) is 35.1. The Kier molecular flexibility index (Phi) is 7.36. The predicted molar refractivity (Wildman–Crippen MR) is 213 cm³/mol. The summed E-state index contributed by atoms with van der Waals surface area (Å²) in [5.41, 5.74) is 10.2. The van der Waals surface area contributed by atoms with E-state index in [0.29, 0.717) is 23.4 Å². The van der Waals surface area contributed by atoms with Crippen LogP contribution in [0.3, 0.4) is 0 Å². The molecule has 0 spiro atoms. The first-order valence-corrected chi connectivity index (χ1v) is 17.5. The minimum Gasteiger partial charge on any atom is -0.436 e. The normalized spacial score (nSPS) is 11.4. The molecule has 7 aromatic carbocycles. The van der Waals surface area contributed by atoms with E-state index in [0.717, 1.165) is 77.4 Å². The summed E-state index contributed by atoms with van der Waals surface area (Å²) in [5, 5.41) is 3.08. The van der Waals surface area contributed by atoms with Gasteiger partial charge < -0.3 is 4.42 Å². The second-order valence-electron chi connectivity index (χ2n) is 12.9. The summed E-state index contributed by atoms with van der Waals surface area (Å²) >= 11 is 0. The third kappa shape index (κ3) is 5.59. The van der Waals surface area contributed by atoms with Crippen molar-refractivity contribution in [2.24, 2.45) is 0 Å². The van der Waals surface area contributed by atoms with Crippen molar-refractivity contribution < 1.29 is 4.42 Å². The zero-order valence-corrected chi connectivity index (χ0v) is 28.4. The van der Waals surface area contributed by atoms with Crippen molar-refractivity contribution in [2.45, 2.75) is 0 Å². The predicted octanol–water partition coefficient (Wildman–Crippen LogP) is 11.7. The Bertz CT molecular complexity index is 2850. The Morgan fingerprint density at radius 2 is 0.811 bits per heavy atom. The molecule has 0 fully saturated rings. The van der Waals surface area contributed by atoms with Crippen LogP contribution in [-0.4, -0.2) is 24.9 Å². The largest absolute Gasteiger partial charge is 0.436 e. The number of nitrogens with zero attached hydrogens (tertiary/aromatic N) is 5. The third-order valence-electron chi connectivity index (χ3n) is 9.56. The van der Waals surface area contributed by atoms with Gasteiger partial charge in [0.25, 0.3) is 0 Å². The van der Waals surface area contributed by atoms with Crippen LogP contribution >= 0.6 is 0 Å². The Hall–Kier alpha value is -7.31. The van der Waals surface area contributed by atoms with E-state index >= 15 is 0 Å². The van der Waals surface area contributed by atoms with Crippen molar-refractivity contribution in [3.63, 3.8) is 0 Å². The lowest BCUT2D eigenvalue weighted by Gasteiger charge is -2.12. The van der Waals surface area contributed by atoms with Gasteiger partial charge in [-0.1, -0.05) is 146 Å². The quantitative estimate of drug-likeness (QED) is 0.163. The molecule has 0 N–H and O–H groups in total. The van der Waals surface area contributed by atoms with Gasteiger partial charge in [0.05, 0.1) is 11.2 Å². The summed E-state index contributed by atoms with van der Waals surface area (Å²) in [4.78, 5) is 25.0. The molecule has 0 saturated heterocycles. The molecule has 10 aromatic rings. The molecule has 0 bridgehead atoms. The molecule has 248 valence electrons. The number of pyridine rings is 1. The van der Waals surface area contributed by atoms with Crippen molar-refractivity contribution in [3.05, 3.63) is 176 Å². The van der Waals surface area contributed by atoms with E-state index in [1.807, 2.05) is 115 Å². The molecule has 6 heteroatoms. The first kappa shape index (κ1) is 30.5. The first-order valence-electron chi connectivity index (χ1n) is 17.5. The van der Waals surface area contributed by atoms with Gasteiger partial charge in [0.2, 0.25) is 5.89 Å². The molecule has 3 aromatic heterocycles. The molecule has 0 aliphatic rings. The van der Waals surface area contributed by atoms with Crippen LogP contribution in [0, 0.1) is 0 Å². The summed E-state index contributed by atoms with van der Waals surface area (Å²) < 4.78 is 6.32. The molecule has 0 aliphatic heterocycles. The Balaban J connectivity index is 1.09. The molecule has 3 heterocycles. The van der Waals surface area contributed by atoms with Crippen LogP contribution in [0.4, 0.5) is 0 Å². The Morgan fingerprint density at radius 1 is 0.340 bits per heavy atom. The summed E-state index contributed by atoms with van der Waals surface area (Å²) in [6.45, 7) is 0. The summed E-state index contributed by atoms with van der Waals surface area (Å²) in [6, 6.07) is 59.4. The Labute approximate surface area is 305 Å². The van der Waals surface area contributed by atoms with Crippen LogP contribution < -0.4 is 0 Å². The highest BCUT2D eigenvalue weighted by atomic mass is 16.3. The number of oxazole rings is 1. The van der Waals surface area contributed by atoms with E-state index in [4.69, 9.17) is 29.3 Å². The minimum atomic E-state index is 0.598. The highest BCUT2D eigenvalue weighted by molar-refractivity contribution is 6.21. The fourth-order valence-corrected chi connectivity index (χ4v) is 6.93. The van der Waals surface area contributed by atoms with Crippen LogP contribution in [0.25, 0.3) is 101 Å². The van der Waals surface area contributed by atoms with Crippen LogP contribution in [-0.2, 0) is 0 Å². The summed E-state index contributed by atoms with van der Waals surface area (Å²) in [7, 11) is 0. The van der Waals surface area contributed by atoms with Gasteiger partial charge in [-0.2, -0.15) is 0 Å². The average molecular weight is 680 g/mol. The lowest BCUT2D eigenvalue weighted by molar-refractivity contribution is 0.620. The second-order valence-corrected chi connectivity index (χ2v) is 12.9. The van der Waals surface area contributed by atoms with E-state index in [9.17, 15) is 0 Å². The van der Waals surface area contributed by atoms with Crippen molar-refractivity contribution in [3.8, 4) is 68.0 Å². The van der Waals surface area contributed by atoms with E-state index in [2.05, 4.69) is 60.7 Å². The third-order valence-corrected chi connectivity index (χ3v) is 9.56. The van der Waals surface area contributed by atoms with Gasteiger partial charge in [0, 0.05) is 44.0 Å². The number of aromatic nitrogens is 5. The first-order chi connectivity index (χ1) is 26.2. The van der Waals surface area contributed by atoms with Crippen LogP contribution in [0.2, 0.25) is 0 Å². The summed E-state index contributed by atoms with van der Waals surface area (Å²) in [5.74, 6) is 2.49. The number of hydrogen-bond acceptors (Lipinski definition) is 6. The fourth-order valence-electron chi connectivity index (χ4n) is 6.93. The standard InChI is InChI=1S/C47H29N5O/c1-5-13-31(14-6-1)42-38-27-28-40-43(49-47(53-40)35-19-11-4-12-20-35)41(38)37-26-25-36(29-39(37)48-42)30-21-23-34(24-22-30)46-51-44(32-15-7-2-8-16-32)50-45(52-46)33-17-9-3-10-18-33/h1-29H. The summed E-state index contributed by atoms with van der Waals surface area (Å²) in [6.07, 6.45) is 0. The lowest BCUT2D eigenvalue weighted by atomic mass is 9.96. The molecule has 0 atom stereocenters. The highest BCUT2D eigenvalue weighted by Gasteiger charge is 2.18. The van der Waals surface area contributed by atoms with Gasteiger partial charge in [-0.05, 0) is 41.5 Å². The molecule has 0 saturated carbocycles. The van der Waals surface area contributed by atoms with Gasteiger partial charge in [0.15, 0.2) is 23.1 Å². The fraction of sp³-hybridized carbons (Fsp3) is 0. The number of hydrogen-bond donors (Lipinski definition) is 0. The van der Waals surface area contributed by atoms with Gasteiger partial charge in [0.1, 0.15) is 5.52 Å². The SMILES string of the molecule is c1ccc(-c2nc(-c3ccccc3)nc(-c3ccc(-c4ccc5c(c4)nc(-c4ccccc4)c4ccc6oc(-c7ccccc7)nc6c45)cc3)n2)cc1. The van der Waals surface area contributed by atoms with Crippen LogP contribution in [0.1, 0.15) is 0 Å². The van der Waals surface area contributed by atoms with Crippen molar-refractivity contribution in [1.82, 2.24) is 24.9 Å². The molecule has 0 radical (unpaired) electrons. The van der Waals surface area contributed by atoms with Crippen LogP contribution in [0.15, 0.2) is 180 Å². The topological polar surface area (TPSA) is 77.6 Å². The average Bonchev–Trinajstić information content (AvgIpc) is 3.69. The molecular formula is C47H29N5O. The van der Waals surface area contributed by atoms with Crippen LogP contribution in [0.5, 0.6) is 0 Å². The van der Waals surface area contributed by atoms with Crippen molar-refractivity contribution in [2.75, 3.05) is 0 Å². The molecule has 53 heavy (non-hydrogen) atoms. The number of benzene rings is 7. The molecule has 0 aliphatic carbocycles. The van der Waals surface area contributed by atoms with Gasteiger partial charge in [-0.25, -0.2) is 24.9 Å². The van der Waals surface area contributed by atoms with Gasteiger partial charge in [-0.3, -0.25) is 0 Å².